The van der Waals surface area contributed by atoms with Crippen LogP contribution in [-0.2, 0) is 6.18 Å². The van der Waals surface area contributed by atoms with E-state index in [-0.39, 0.29) is 18.0 Å². The summed E-state index contributed by atoms with van der Waals surface area (Å²) in [6, 6.07) is 3.76. The third kappa shape index (κ3) is 3.76. The molecule has 2 rings (SSSR count). The van der Waals surface area contributed by atoms with Crippen molar-refractivity contribution in [2.24, 2.45) is 0 Å². The summed E-state index contributed by atoms with van der Waals surface area (Å²) in [4.78, 5) is 0. The van der Waals surface area contributed by atoms with Gasteiger partial charge in [0.05, 0.1) is 12.2 Å². The number of nitrogens with one attached hydrogen (secondary N) is 1. The fourth-order valence-corrected chi connectivity index (χ4v) is 2.21. The van der Waals surface area contributed by atoms with Gasteiger partial charge in [-0.1, -0.05) is 0 Å². The van der Waals surface area contributed by atoms with Crippen molar-refractivity contribution < 1.29 is 17.9 Å². The zero-order valence-corrected chi connectivity index (χ0v) is 10.5. The van der Waals surface area contributed by atoms with Crippen molar-refractivity contribution in [2.45, 2.75) is 31.5 Å². The van der Waals surface area contributed by atoms with Crippen molar-refractivity contribution in [3.8, 4) is 5.75 Å². The van der Waals surface area contributed by atoms with Crippen molar-refractivity contribution in [2.75, 3.05) is 18.9 Å². The van der Waals surface area contributed by atoms with Crippen LogP contribution in [0, 0.1) is 0 Å². The summed E-state index contributed by atoms with van der Waals surface area (Å²) >= 11 is 0. The van der Waals surface area contributed by atoms with Crippen LogP contribution in [0.25, 0.3) is 0 Å². The first kappa shape index (κ1) is 14.0. The van der Waals surface area contributed by atoms with Gasteiger partial charge in [-0.05, 0) is 37.9 Å². The number of nitrogen functional groups attached to an aromatic ring is 1. The van der Waals surface area contributed by atoms with Crippen LogP contribution >= 0.6 is 0 Å². The van der Waals surface area contributed by atoms with E-state index in [2.05, 4.69) is 5.32 Å². The summed E-state index contributed by atoms with van der Waals surface area (Å²) in [5, 5.41) is 3.27. The normalized spacial score (nSPS) is 19.6. The highest BCUT2D eigenvalue weighted by Crippen LogP contribution is 2.37. The predicted octanol–water partition coefficient (Wildman–Crippen LogP) is 2.81. The number of nitrogens with two attached hydrogens (primary N) is 1. The molecule has 0 amide bonds. The third-order valence-electron chi connectivity index (χ3n) is 3.20. The Morgan fingerprint density at radius 1 is 1.37 bits per heavy atom. The van der Waals surface area contributed by atoms with Crippen LogP contribution < -0.4 is 15.8 Å². The molecule has 3 N–H and O–H groups in total. The Balaban J connectivity index is 1.99. The molecule has 0 bridgehead atoms. The molecule has 106 valence electrons. The number of benzene rings is 1. The Morgan fingerprint density at radius 2 is 2.16 bits per heavy atom. The number of rotatable bonds is 4. The first-order valence-corrected chi connectivity index (χ1v) is 6.30. The van der Waals surface area contributed by atoms with Crippen LogP contribution in [0.1, 0.15) is 24.8 Å². The van der Waals surface area contributed by atoms with Crippen molar-refractivity contribution >= 4 is 5.69 Å². The number of hydrogen-bond acceptors (Lipinski definition) is 3. The maximum absolute atomic E-state index is 12.8. The van der Waals surface area contributed by atoms with Gasteiger partial charge in [0.25, 0.3) is 0 Å². The second-order valence-corrected chi connectivity index (χ2v) is 4.68. The van der Waals surface area contributed by atoms with E-state index in [1.807, 2.05) is 0 Å². The molecule has 1 aromatic carbocycles. The Hall–Kier alpha value is -1.43. The molecule has 1 aliphatic rings. The van der Waals surface area contributed by atoms with Gasteiger partial charge >= 0.3 is 6.18 Å². The minimum atomic E-state index is -4.42. The monoisotopic (exact) mass is 274 g/mol. The molecular formula is C13H17F3N2O. The molecule has 0 spiro atoms. The lowest BCUT2D eigenvalue weighted by atomic mass is 10.1. The lowest BCUT2D eigenvalue weighted by Crippen LogP contribution is -2.23. The Morgan fingerprint density at radius 3 is 2.79 bits per heavy atom. The summed E-state index contributed by atoms with van der Waals surface area (Å²) in [6.07, 6.45) is -1.57. The highest BCUT2D eigenvalue weighted by molar-refractivity contribution is 5.49. The zero-order chi connectivity index (χ0) is 13.9. The maximum Gasteiger partial charge on any atom is 0.419 e. The molecule has 1 aliphatic heterocycles. The minimum Gasteiger partial charge on any atom is -0.493 e. The molecule has 1 unspecified atom stereocenters. The number of anilines is 1. The lowest BCUT2D eigenvalue weighted by Gasteiger charge is -2.16. The highest BCUT2D eigenvalue weighted by Gasteiger charge is 2.34. The molecule has 0 saturated carbocycles. The van der Waals surface area contributed by atoms with Gasteiger partial charge in [-0.15, -0.1) is 0 Å². The molecule has 1 atom stereocenters. The van der Waals surface area contributed by atoms with Crippen molar-refractivity contribution in [3.05, 3.63) is 23.8 Å². The predicted molar refractivity (Wildman–Crippen MR) is 67.0 cm³/mol. The van der Waals surface area contributed by atoms with Crippen LogP contribution in [0.15, 0.2) is 18.2 Å². The Labute approximate surface area is 109 Å². The van der Waals surface area contributed by atoms with Crippen molar-refractivity contribution in [1.82, 2.24) is 5.32 Å². The fourth-order valence-electron chi connectivity index (χ4n) is 2.21. The summed E-state index contributed by atoms with van der Waals surface area (Å²) in [5.41, 5.74) is 4.99. The first-order chi connectivity index (χ1) is 8.97. The molecular weight excluding hydrogens is 257 g/mol. The molecule has 1 fully saturated rings. The Bertz CT molecular complexity index is 428. The van der Waals surface area contributed by atoms with E-state index < -0.39 is 11.7 Å². The van der Waals surface area contributed by atoms with E-state index in [9.17, 15) is 13.2 Å². The van der Waals surface area contributed by atoms with Gasteiger partial charge in [0.1, 0.15) is 5.75 Å². The number of hydrogen-bond donors (Lipinski definition) is 2. The lowest BCUT2D eigenvalue weighted by molar-refractivity contribution is -0.138. The van der Waals surface area contributed by atoms with E-state index in [1.54, 1.807) is 0 Å². The van der Waals surface area contributed by atoms with E-state index >= 15 is 0 Å². The molecule has 19 heavy (non-hydrogen) atoms. The Kier molecular flexibility index (Phi) is 4.19. The van der Waals surface area contributed by atoms with Gasteiger partial charge in [0.2, 0.25) is 0 Å². The van der Waals surface area contributed by atoms with Gasteiger partial charge in [-0.25, -0.2) is 0 Å². The molecule has 1 heterocycles. The molecule has 0 aliphatic carbocycles. The first-order valence-electron chi connectivity index (χ1n) is 6.30. The van der Waals surface area contributed by atoms with E-state index in [1.165, 1.54) is 12.1 Å². The smallest absolute Gasteiger partial charge is 0.419 e. The van der Waals surface area contributed by atoms with Crippen molar-refractivity contribution in [1.29, 1.82) is 0 Å². The molecule has 6 heteroatoms. The summed E-state index contributed by atoms with van der Waals surface area (Å²) in [7, 11) is 0. The van der Waals surface area contributed by atoms with Gasteiger partial charge < -0.3 is 15.8 Å². The van der Waals surface area contributed by atoms with Crippen LogP contribution in [0.5, 0.6) is 5.75 Å². The van der Waals surface area contributed by atoms with Gasteiger partial charge in [-0.2, -0.15) is 13.2 Å². The number of ether oxygens (including phenoxy) is 1. The quantitative estimate of drug-likeness (QED) is 0.830. The molecule has 1 aromatic rings. The van der Waals surface area contributed by atoms with Gasteiger partial charge in [0, 0.05) is 17.8 Å². The second-order valence-electron chi connectivity index (χ2n) is 4.68. The standard InChI is InChI=1S/C13H17F3N2O/c14-13(15,16)11-4-3-9(17)8-12(11)19-7-5-10-2-1-6-18-10/h3-4,8,10,18H,1-2,5-7,17H2. The van der Waals surface area contributed by atoms with E-state index in [4.69, 9.17) is 10.5 Å². The van der Waals surface area contributed by atoms with Crippen LogP contribution in [0.2, 0.25) is 0 Å². The zero-order valence-electron chi connectivity index (χ0n) is 10.5. The maximum atomic E-state index is 12.8. The van der Waals surface area contributed by atoms with Gasteiger partial charge in [-0.3, -0.25) is 0 Å². The summed E-state index contributed by atoms with van der Waals surface area (Å²) in [6.45, 7) is 1.22. The van der Waals surface area contributed by atoms with E-state index in [0.717, 1.165) is 25.5 Å². The van der Waals surface area contributed by atoms with Crippen molar-refractivity contribution in [3.63, 3.8) is 0 Å². The van der Waals surface area contributed by atoms with Gasteiger partial charge in [0.15, 0.2) is 0 Å². The fraction of sp³-hybridized carbons (Fsp3) is 0.538. The van der Waals surface area contributed by atoms with Crippen LogP contribution in [-0.4, -0.2) is 19.2 Å². The summed E-state index contributed by atoms with van der Waals surface area (Å²) < 4.78 is 43.6. The molecule has 0 radical (unpaired) electrons. The molecule has 0 aromatic heterocycles. The second kappa shape index (κ2) is 5.69. The van der Waals surface area contributed by atoms with Crippen LogP contribution in [0.4, 0.5) is 18.9 Å². The number of alkyl halides is 3. The van der Waals surface area contributed by atoms with Crippen LogP contribution in [0.3, 0.4) is 0 Å². The largest absolute Gasteiger partial charge is 0.493 e. The summed E-state index contributed by atoms with van der Waals surface area (Å²) in [5.74, 6) is -0.189. The number of halogens is 3. The molecule has 3 nitrogen and oxygen atoms in total. The topological polar surface area (TPSA) is 47.3 Å². The average Bonchev–Trinajstić information content (AvgIpc) is 2.80. The minimum absolute atomic E-state index is 0.189. The average molecular weight is 274 g/mol. The third-order valence-corrected chi connectivity index (χ3v) is 3.20. The van der Waals surface area contributed by atoms with E-state index in [0.29, 0.717) is 12.5 Å². The SMILES string of the molecule is Nc1ccc(C(F)(F)F)c(OCCC2CCCN2)c1. The molecule has 1 saturated heterocycles. The highest BCUT2D eigenvalue weighted by atomic mass is 19.4.